The highest BCUT2D eigenvalue weighted by molar-refractivity contribution is 7.99. The van der Waals surface area contributed by atoms with Crippen molar-refractivity contribution in [2.75, 3.05) is 32.9 Å². The monoisotopic (exact) mass is 270 g/mol. The number of thioether (sulfide) groups is 1. The van der Waals surface area contributed by atoms with Gasteiger partial charge >= 0.3 is 0 Å². The van der Waals surface area contributed by atoms with Gasteiger partial charge in [0, 0.05) is 23.7 Å². The van der Waals surface area contributed by atoms with Gasteiger partial charge in [0.2, 0.25) is 0 Å². The van der Waals surface area contributed by atoms with Gasteiger partial charge in [-0.1, -0.05) is 19.1 Å². The van der Waals surface area contributed by atoms with Crippen LogP contribution in [0.1, 0.15) is 18.9 Å². The summed E-state index contributed by atoms with van der Waals surface area (Å²) in [5, 5.41) is 3.33. The molecule has 1 aromatic rings. The van der Waals surface area contributed by atoms with Crippen LogP contribution >= 0.6 is 11.8 Å². The van der Waals surface area contributed by atoms with Crippen LogP contribution in [0.15, 0.2) is 23.1 Å². The lowest BCUT2D eigenvalue weighted by Gasteiger charge is -2.13. The van der Waals surface area contributed by atoms with Crippen molar-refractivity contribution in [3.05, 3.63) is 29.6 Å². The molecule has 0 saturated heterocycles. The molecule has 18 heavy (non-hydrogen) atoms. The third kappa shape index (κ3) is 5.38. The van der Waals surface area contributed by atoms with Crippen molar-refractivity contribution in [3.63, 3.8) is 0 Å². The molecule has 4 heteroatoms. The third-order valence-corrected chi connectivity index (χ3v) is 3.71. The highest BCUT2D eigenvalue weighted by atomic mass is 32.2. The van der Waals surface area contributed by atoms with E-state index in [4.69, 9.17) is 0 Å². The minimum absolute atomic E-state index is 0.102. The van der Waals surface area contributed by atoms with Crippen LogP contribution in [0.4, 0.5) is 4.39 Å². The Hall–Kier alpha value is -0.580. The summed E-state index contributed by atoms with van der Waals surface area (Å²) in [4.78, 5) is 2.91. The van der Waals surface area contributed by atoms with Crippen LogP contribution in [-0.2, 0) is 6.54 Å². The van der Waals surface area contributed by atoms with E-state index in [-0.39, 0.29) is 5.82 Å². The molecule has 1 N–H and O–H groups in total. The maximum Gasteiger partial charge on any atom is 0.137 e. The minimum atomic E-state index is -0.102. The largest absolute Gasteiger partial charge is 0.313 e. The maximum atomic E-state index is 13.8. The Balaban J connectivity index is 2.61. The van der Waals surface area contributed by atoms with Gasteiger partial charge in [-0.3, -0.25) is 0 Å². The second kappa shape index (κ2) is 8.51. The molecule has 1 rings (SSSR count). The van der Waals surface area contributed by atoms with Crippen molar-refractivity contribution in [2.24, 2.45) is 0 Å². The van der Waals surface area contributed by atoms with Crippen LogP contribution in [0.25, 0.3) is 0 Å². The van der Waals surface area contributed by atoms with E-state index in [1.54, 1.807) is 23.9 Å². The van der Waals surface area contributed by atoms with E-state index in [1.807, 2.05) is 20.2 Å². The molecule has 0 radical (unpaired) electrons. The van der Waals surface area contributed by atoms with Gasteiger partial charge in [0.25, 0.3) is 0 Å². The van der Waals surface area contributed by atoms with E-state index in [1.165, 1.54) is 0 Å². The molecule has 1 aromatic carbocycles. The SMILES string of the molecule is CCCNCc1cccc(F)c1SCCN(C)C. The van der Waals surface area contributed by atoms with Gasteiger partial charge in [0.1, 0.15) is 5.82 Å². The lowest BCUT2D eigenvalue weighted by Crippen LogP contribution is -2.16. The summed E-state index contributed by atoms with van der Waals surface area (Å²) in [6.45, 7) is 4.81. The molecular formula is C14H23FN2S. The first-order chi connectivity index (χ1) is 8.65. The molecule has 2 nitrogen and oxygen atoms in total. The van der Waals surface area contributed by atoms with Gasteiger partial charge in [-0.05, 0) is 38.7 Å². The normalized spacial score (nSPS) is 11.2. The van der Waals surface area contributed by atoms with Gasteiger partial charge in [-0.25, -0.2) is 4.39 Å². The highest BCUT2D eigenvalue weighted by Gasteiger charge is 2.08. The lowest BCUT2D eigenvalue weighted by molar-refractivity contribution is 0.437. The van der Waals surface area contributed by atoms with E-state index in [0.717, 1.165) is 42.3 Å². The first-order valence-corrected chi connectivity index (χ1v) is 7.39. The number of rotatable bonds is 8. The predicted molar refractivity (Wildman–Crippen MR) is 77.7 cm³/mol. The number of hydrogen-bond acceptors (Lipinski definition) is 3. The smallest absolute Gasteiger partial charge is 0.137 e. The zero-order valence-corrected chi connectivity index (χ0v) is 12.3. The summed E-state index contributed by atoms with van der Waals surface area (Å²) < 4.78 is 13.8. The molecule has 0 fully saturated rings. The summed E-state index contributed by atoms with van der Waals surface area (Å²) in [7, 11) is 4.07. The fourth-order valence-electron chi connectivity index (χ4n) is 1.58. The fraction of sp³-hybridized carbons (Fsp3) is 0.571. The first kappa shape index (κ1) is 15.5. The highest BCUT2D eigenvalue weighted by Crippen LogP contribution is 2.26. The second-order valence-electron chi connectivity index (χ2n) is 4.56. The Labute approximate surface area is 114 Å². The summed E-state index contributed by atoms with van der Waals surface area (Å²) in [5.74, 6) is 0.809. The van der Waals surface area contributed by atoms with Crippen molar-refractivity contribution in [3.8, 4) is 0 Å². The Morgan fingerprint density at radius 3 is 2.78 bits per heavy atom. The van der Waals surface area contributed by atoms with Crippen LogP contribution in [0.2, 0.25) is 0 Å². The molecule has 0 heterocycles. The topological polar surface area (TPSA) is 15.3 Å². The predicted octanol–water partition coefficient (Wildman–Crippen LogP) is 2.98. The molecule has 0 aromatic heterocycles. The van der Waals surface area contributed by atoms with Crippen molar-refractivity contribution >= 4 is 11.8 Å². The zero-order chi connectivity index (χ0) is 13.4. The molecule has 0 bridgehead atoms. The van der Waals surface area contributed by atoms with Gasteiger partial charge in [0.15, 0.2) is 0 Å². The molecule has 0 atom stereocenters. The van der Waals surface area contributed by atoms with Crippen molar-refractivity contribution in [1.29, 1.82) is 0 Å². The molecule has 0 amide bonds. The van der Waals surface area contributed by atoms with E-state index in [0.29, 0.717) is 0 Å². The average Bonchev–Trinajstić information content (AvgIpc) is 2.32. The van der Waals surface area contributed by atoms with Gasteiger partial charge < -0.3 is 10.2 Å². The van der Waals surface area contributed by atoms with Gasteiger partial charge in [0.05, 0.1) is 0 Å². The van der Waals surface area contributed by atoms with E-state index < -0.39 is 0 Å². The molecular weight excluding hydrogens is 247 g/mol. The Kier molecular flexibility index (Phi) is 7.32. The number of hydrogen-bond donors (Lipinski definition) is 1. The average molecular weight is 270 g/mol. The third-order valence-electron chi connectivity index (χ3n) is 2.58. The molecule has 0 aliphatic rings. The number of nitrogens with one attached hydrogen (secondary N) is 1. The minimum Gasteiger partial charge on any atom is -0.313 e. The maximum absolute atomic E-state index is 13.8. The number of halogens is 1. The van der Waals surface area contributed by atoms with E-state index in [2.05, 4.69) is 17.1 Å². The molecule has 0 spiro atoms. The van der Waals surface area contributed by atoms with E-state index in [9.17, 15) is 4.39 Å². The van der Waals surface area contributed by atoms with Crippen LogP contribution in [0, 0.1) is 5.82 Å². The summed E-state index contributed by atoms with van der Waals surface area (Å²) in [6.07, 6.45) is 1.10. The fourth-order valence-corrected chi connectivity index (χ4v) is 2.78. The molecule has 0 unspecified atom stereocenters. The standard InChI is InChI=1S/C14H23FN2S/c1-4-8-16-11-12-6-5-7-13(15)14(12)18-10-9-17(2)3/h5-7,16H,4,8-11H2,1-3H3. The summed E-state index contributed by atoms with van der Waals surface area (Å²) in [6, 6.07) is 5.33. The number of benzene rings is 1. The zero-order valence-electron chi connectivity index (χ0n) is 11.5. The van der Waals surface area contributed by atoms with Crippen LogP contribution in [-0.4, -0.2) is 37.8 Å². The molecule has 102 valence electrons. The Morgan fingerprint density at radius 2 is 2.11 bits per heavy atom. The van der Waals surface area contributed by atoms with Crippen LogP contribution in [0.5, 0.6) is 0 Å². The summed E-state index contributed by atoms with van der Waals surface area (Å²) in [5.41, 5.74) is 1.06. The second-order valence-corrected chi connectivity index (χ2v) is 5.66. The number of nitrogens with zero attached hydrogens (tertiary/aromatic N) is 1. The van der Waals surface area contributed by atoms with Crippen molar-refractivity contribution in [2.45, 2.75) is 24.8 Å². The van der Waals surface area contributed by atoms with Gasteiger partial charge in [-0.2, -0.15) is 0 Å². The molecule has 0 aliphatic heterocycles. The molecule has 0 saturated carbocycles. The Bertz CT molecular complexity index is 356. The first-order valence-electron chi connectivity index (χ1n) is 6.40. The quantitative estimate of drug-likeness (QED) is 0.577. The summed E-state index contributed by atoms with van der Waals surface area (Å²) >= 11 is 1.60. The molecule has 0 aliphatic carbocycles. The van der Waals surface area contributed by atoms with Crippen molar-refractivity contribution < 1.29 is 4.39 Å². The lowest BCUT2D eigenvalue weighted by atomic mass is 10.2. The van der Waals surface area contributed by atoms with Crippen LogP contribution in [0.3, 0.4) is 0 Å². The van der Waals surface area contributed by atoms with Gasteiger partial charge in [-0.15, -0.1) is 11.8 Å². The van der Waals surface area contributed by atoms with E-state index >= 15 is 0 Å². The Morgan fingerprint density at radius 1 is 1.33 bits per heavy atom. The van der Waals surface area contributed by atoms with Crippen LogP contribution < -0.4 is 5.32 Å². The van der Waals surface area contributed by atoms with Crippen molar-refractivity contribution in [1.82, 2.24) is 10.2 Å².